The van der Waals surface area contributed by atoms with E-state index in [4.69, 9.17) is 9.84 Å². The van der Waals surface area contributed by atoms with Crippen LogP contribution in [-0.2, 0) is 0 Å². The summed E-state index contributed by atoms with van der Waals surface area (Å²) in [5, 5.41) is 14.7. The van der Waals surface area contributed by atoms with E-state index in [-0.39, 0.29) is 19.1 Å². The van der Waals surface area contributed by atoms with Gasteiger partial charge in [-0.2, -0.15) is 0 Å². The van der Waals surface area contributed by atoms with Crippen LogP contribution >= 0.6 is 0 Å². The fourth-order valence-electron chi connectivity index (χ4n) is 2.55. The minimum Gasteiger partial charge on any atom is -0.494 e. The normalized spacial score (nSPS) is 10.4. The van der Waals surface area contributed by atoms with Crippen molar-refractivity contribution >= 4 is 11.6 Å². The number of carbonyl (C=O) groups is 1. The molecule has 134 valence electrons. The van der Waals surface area contributed by atoms with Crippen molar-refractivity contribution in [3.63, 3.8) is 0 Å². The van der Waals surface area contributed by atoms with E-state index in [1.165, 1.54) is 11.1 Å². The van der Waals surface area contributed by atoms with Crippen LogP contribution in [0.1, 0.15) is 27.9 Å². The number of rotatable bonds is 9. The summed E-state index contributed by atoms with van der Waals surface area (Å²) in [4.78, 5) is 11.9. The van der Waals surface area contributed by atoms with Gasteiger partial charge >= 0.3 is 0 Å². The standard InChI is InChI=1S/C20H26N2O3/c1-15-11-16(2)13-19(12-15)25-10-4-7-21-18-6-3-5-17(14-18)20(24)22-8-9-23/h3,5-6,11-14,21,23H,4,7-10H2,1-2H3,(H,22,24). The molecule has 0 fully saturated rings. The van der Waals surface area contributed by atoms with Crippen LogP contribution in [0.3, 0.4) is 0 Å². The Bertz CT molecular complexity index is 681. The Morgan fingerprint density at radius 2 is 1.84 bits per heavy atom. The first kappa shape index (κ1) is 18.8. The number of aryl methyl sites for hydroxylation is 2. The van der Waals surface area contributed by atoms with E-state index < -0.39 is 0 Å². The lowest BCUT2D eigenvalue weighted by Crippen LogP contribution is -2.26. The minimum absolute atomic E-state index is 0.0653. The summed E-state index contributed by atoms with van der Waals surface area (Å²) >= 11 is 0. The average Bonchev–Trinajstić information content (AvgIpc) is 2.59. The summed E-state index contributed by atoms with van der Waals surface area (Å²) in [6.07, 6.45) is 0.855. The zero-order chi connectivity index (χ0) is 18.1. The van der Waals surface area contributed by atoms with Crippen LogP contribution in [0, 0.1) is 13.8 Å². The molecular formula is C20H26N2O3. The van der Waals surface area contributed by atoms with Gasteiger partial charge < -0.3 is 20.5 Å². The molecule has 5 heteroatoms. The second-order valence-corrected chi connectivity index (χ2v) is 6.01. The molecule has 2 rings (SSSR count). The van der Waals surface area contributed by atoms with Crippen molar-refractivity contribution in [3.8, 4) is 5.75 Å². The number of amides is 1. The van der Waals surface area contributed by atoms with Crippen LogP contribution in [0.2, 0.25) is 0 Å². The van der Waals surface area contributed by atoms with Gasteiger partial charge in [0.15, 0.2) is 0 Å². The van der Waals surface area contributed by atoms with Crippen LogP contribution in [0.15, 0.2) is 42.5 Å². The molecule has 0 aliphatic carbocycles. The highest BCUT2D eigenvalue weighted by atomic mass is 16.5. The van der Waals surface area contributed by atoms with E-state index >= 15 is 0 Å². The van der Waals surface area contributed by atoms with Gasteiger partial charge in [0.05, 0.1) is 13.2 Å². The van der Waals surface area contributed by atoms with Crippen LogP contribution < -0.4 is 15.4 Å². The van der Waals surface area contributed by atoms with Crippen molar-refractivity contribution in [2.75, 3.05) is 31.6 Å². The summed E-state index contributed by atoms with van der Waals surface area (Å²) in [6, 6.07) is 13.5. The fraction of sp³-hybridized carbons (Fsp3) is 0.350. The van der Waals surface area contributed by atoms with Crippen LogP contribution in [0.5, 0.6) is 5.75 Å². The molecule has 5 nitrogen and oxygen atoms in total. The van der Waals surface area contributed by atoms with E-state index in [0.717, 1.165) is 24.4 Å². The molecule has 0 bridgehead atoms. The molecule has 0 atom stereocenters. The first-order chi connectivity index (χ1) is 12.1. The highest BCUT2D eigenvalue weighted by molar-refractivity contribution is 5.95. The molecule has 0 aliphatic rings. The molecule has 0 spiro atoms. The van der Waals surface area contributed by atoms with Gasteiger partial charge in [-0.1, -0.05) is 12.1 Å². The Hall–Kier alpha value is -2.53. The van der Waals surface area contributed by atoms with Crippen molar-refractivity contribution in [3.05, 3.63) is 59.2 Å². The largest absolute Gasteiger partial charge is 0.494 e. The van der Waals surface area contributed by atoms with Crippen molar-refractivity contribution in [1.82, 2.24) is 5.32 Å². The number of carbonyl (C=O) groups excluding carboxylic acids is 1. The molecule has 0 saturated carbocycles. The molecule has 2 aromatic carbocycles. The van der Waals surface area contributed by atoms with Gasteiger partial charge in [0, 0.05) is 24.3 Å². The molecule has 0 unspecified atom stereocenters. The highest BCUT2D eigenvalue weighted by Gasteiger charge is 2.05. The van der Waals surface area contributed by atoms with E-state index in [2.05, 4.69) is 30.5 Å². The summed E-state index contributed by atoms with van der Waals surface area (Å²) in [5.41, 5.74) is 3.86. The van der Waals surface area contributed by atoms with Crippen LogP contribution in [0.25, 0.3) is 0 Å². The maximum Gasteiger partial charge on any atom is 0.251 e. The highest BCUT2D eigenvalue weighted by Crippen LogP contribution is 2.16. The third-order valence-electron chi connectivity index (χ3n) is 3.64. The summed E-state index contributed by atoms with van der Waals surface area (Å²) in [7, 11) is 0. The molecule has 0 aromatic heterocycles. The number of aliphatic hydroxyl groups excluding tert-OH is 1. The molecule has 2 aromatic rings. The average molecular weight is 342 g/mol. The van der Waals surface area contributed by atoms with Gasteiger partial charge in [0.1, 0.15) is 5.75 Å². The van der Waals surface area contributed by atoms with Crippen molar-refractivity contribution < 1.29 is 14.6 Å². The quantitative estimate of drug-likeness (QED) is 0.613. The predicted octanol–water partition coefficient (Wildman–Crippen LogP) is 2.91. The number of ether oxygens (including phenoxy) is 1. The minimum atomic E-state index is -0.184. The van der Waals surface area contributed by atoms with E-state index in [0.29, 0.717) is 12.2 Å². The lowest BCUT2D eigenvalue weighted by atomic mass is 10.1. The van der Waals surface area contributed by atoms with Crippen molar-refractivity contribution in [2.45, 2.75) is 20.3 Å². The first-order valence-electron chi connectivity index (χ1n) is 8.52. The maximum atomic E-state index is 11.9. The lowest BCUT2D eigenvalue weighted by molar-refractivity contribution is 0.0945. The van der Waals surface area contributed by atoms with E-state index in [9.17, 15) is 4.79 Å². The zero-order valence-electron chi connectivity index (χ0n) is 14.8. The third-order valence-corrected chi connectivity index (χ3v) is 3.64. The number of hydrogen-bond donors (Lipinski definition) is 3. The predicted molar refractivity (Wildman–Crippen MR) is 100 cm³/mol. The van der Waals surface area contributed by atoms with Crippen LogP contribution in [0.4, 0.5) is 5.69 Å². The molecule has 3 N–H and O–H groups in total. The van der Waals surface area contributed by atoms with Crippen molar-refractivity contribution in [2.24, 2.45) is 0 Å². The van der Waals surface area contributed by atoms with Crippen molar-refractivity contribution in [1.29, 1.82) is 0 Å². The summed E-state index contributed by atoms with van der Waals surface area (Å²) in [5.74, 6) is 0.718. The third kappa shape index (κ3) is 6.47. The summed E-state index contributed by atoms with van der Waals surface area (Å²) < 4.78 is 5.78. The Morgan fingerprint density at radius 3 is 2.56 bits per heavy atom. The van der Waals surface area contributed by atoms with Gasteiger partial charge in [-0.25, -0.2) is 0 Å². The number of nitrogens with one attached hydrogen (secondary N) is 2. The van der Waals surface area contributed by atoms with E-state index in [1.807, 2.05) is 24.3 Å². The lowest BCUT2D eigenvalue weighted by Gasteiger charge is -2.10. The Morgan fingerprint density at radius 1 is 1.08 bits per heavy atom. The van der Waals surface area contributed by atoms with Gasteiger partial charge in [-0.3, -0.25) is 4.79 Å². The molecule has 25 heavy (non-hydrogen) atoms. The van der Waals surface area contributed by atoms with Gasteiger partial charge in [-0.05, 0) is 61.7 Å². The first-order valence-corrected chi connectivity index (χ1v) is 8.52. The second-order valence-electron chi connectivity index (χ2n) is 6.01. The van der Waals surface area contributed by atoms with Gasteiger partial charge in [0.25, 0.3) is 5.91 Å². The molecule has 1 amide bonds. The molecule has 0 aliphatic heterocycles. The van der Waals surface area contributed by atoms with Gasteiger partial charge in [-0.15, -0.1) is 0 Å². The molecule has 0 heterocycles. The number of aliphatic hydroxyl groups is 1. The Kier molecular flexibility index (Phi) is 7.29. The smallest absolute Gasteiger partial charge is 0.251 e. The number of benzene rings is 2. The Labute approximate surface area is 149 Å². The Balaban J connectivity index is 1.75. The monoisotopic (exact) mass is 342 g/mol. The topological polar surface area (TPSA) is 70.6 Å². The van der Waals surface area contributed by atoms with E-state index in [1.54, 1.807) is 12.1 Å². The number of anilines is 1. The summed E-state index contributed by atoms with van der Waals surface area (Å²) in [6.45, 7) is 5.70. The molecule has 0 saturated heterocycles. The van der Waals surface area contributed by atoms with Gasteiger partial charge in [0.2, 0.25) is 0 Å². The zero-order valence-corrected chi connectivity index (χ0v) is 14.8. The second kappa shape index (κ2) is 9.69. The molecule has 0 radical (unpaired) electrons. The molecular weight excluding hydrogens is 316 g/mol. The van der Waals surface area contributed by atoms with Crippen LogP contribution in [-0.4, -0.2) is 37.3 Å². The SMILES string of the molecule is Cc1cc(C)cc(OCCCNc2cccc(C(=O)NCCO)c2)c1. The fourth-order valence-corrected chi connectivity index (χ4v) is 2.55. The maximum absolute atomic E-state index is 11.9. The number of hydrogen-bond acceptors (Lipinski definition) is 4.